The normalized spacial score (nSPS) is 36.7. The van der Waals surface area contributed by atoms with E-state index in [1.807, 2.05) is 0 Å². The van der Waals surface area contributed by atoms with Gasteiger partial charge < -0.3 is 9.64 Å². The van der Waals surface area contributed by atoms with Crippen molar-refractivity contribution >= 4 is 0 Å². The largest absolute Gasteiger partial charge is 0.381 e. The lowest BCUT2D eigenvalue weighted by Gasteiger charge is -2.32. The number of nitrogens with zero attached hydrogens (tertiary/aromatic N) is 1. The summed E-state index contributed by atoms with van der Waals surface area (Å²) in [6.45, 7) is 8.29. The zero-order valence-corrected chi connectivity index (χ0v) is 8.67. The molecule has 2 nitrogen and oxygen atoms in total. The molecular formula is C11H21NO. The standard InChI is InChI=1S/C11H21NO/c1-10-3-2-5-12(7-10)8-11-4-6-13-9-11/h10-11H,2-9H2,1H3. The van der Waals surface area contributed by atoms with Crippen LogP contribution in [-0.4, -0.2) is 37.7 Å². The van der Waals surface area contributed by atoms with E-state index in [9.17, 15) is 0 Å². The molecule has 13 heavy (non-hydrogen) atoms. The van der Waals surface area contributed by atoms with Crippen LogP contribution in [0.15, 0.2) is 0 Å². The van der Waals surface area contributed by atoms with Crippen LogP contribution in [-0.2, 0) is 4.74 Å². The van der Waals surface area contributed by atoms with Crippen molar-refractivity contribution in [2.24, 2.45) is 11.8 Å². The van der Waals surface area contributed by atoms with Gasteiger partial charge in [-0.15, -0.1) is 0 Å². The lowest BCUT2D eigenvalue weighted by Crippen LogP contribution is -2.37. The van der Waals surface area contributed by atoms with Gasteiger partial charge >= 0.3 is 0 Å². The van der Waals surface area contributed by atoms with E-state index in [1.165, 1.54) is 38.9 Å². The molecule has 76 valence electrons. The third-order valence-corrected chi connectivity index (χ3v) is 3.28. The third-order valence-electron chi connectivity index (χ3n) is 3.28. The SMILES string of the molecule is CC1CCCN(CC2CCOC2)C1. The Balaban J connectivity index is 1.73. The first-order valence-electron chi connectivity index (χ1n) is 5.64. The van der Waals surface area contributed by atoms with Gasteiger partial charge in [0.25, 0.3) is 0 Å². The first-order valence-corrected chi connectivity index (χ1v) is 5.64. The Bertz CT molecular complexity index is 154. The van der Waals surface area contributed by atoms with Gasteiger partial charge in [0.2, 0.25) is 0 Å². The highest BCUT2D eigenvalue weighted by Gasteiger charge is 2.22. The van der Waals surface area contributed by atoms with Gasteiger partial charge in [0, 0.05) is 19.7 Å². The van der Waals surface area contributed by atoms with Gasteiger partial charge in [-0.05, 0) is 37.6 Å². The Morgan fingerprint density at radius 2 is 2.31 bits per heavy atom. The van der Waals surface area contributed by atoms with Gasteiger partial charge in [0.1, 0.15) is 0 Å². The van der Waals surface area contributed by atoms with Crippen LogP contribution in [0.5, 0.6) is 0 Å². The fourth-order valence-corrected chi connectivity index (χ4v) is 2.54. The Hall–Kier alpha value is -0.0800. The molecule has 0 spiro atoms. The van der Waals surface area contributed by atoms with E-state index in [1.54, 1.807) is 0 Å². The van der Waals surface area contributed by atoms with E-state index in [0.29, 0.717) is 0 Å². The van der Waals surface area contributed by atoms with Crippen LogP contribution < -0.4 is 0 Å². The summed E-state index contributed by atoms with van der Waals surface area (Å²) < 4.78 is 5.40. The van der Waals surface area contributed by atoms with Crippen LogP contribution in [0.1, 0.15) is 26.2 Å². The minimum atomic E-state index is 0.824. The number of hydrogen-bond donors (Lipinski definition) is 0. The highest BCUT2D eigenvalue weighted by Crippen LogP contribution is 2.19. The van der Waals surface area contributed by atoms with E-state index in [-0.39, 0.29) is 0 Å². The molecule has 0 aromatic rings. The summed E-state index contributed by atoms with van der Waals surface area (Å²) in [5, 5.41) is 0. The first-order chi connectivity index (χ1) is 6.34. The first kappa shape index (κ1) is 9.47. The molecule has 2 saturated heterocycles. The molecule has 2 heteroatoms. The molecule has 0 aromatic heterocycles. The van der Waals surface area contributed by atoms with Crippen LogP contribution in [0.4, 0.5) is 0 Å². The maximum atomic E-state index is 5.40. The molecule has 0 aliphatic carbocycles. The summed E-state index contributed by atoms with van der Waals surface area (Å²) in [5.41, 5.74) is 0. The molecule has 0 radical (unpaired) electrons. The lowest BCUT2D eigenvalue weighted by molar-refractivity contribution is 0.139. The summed E-state index contributed by atoms with van der Waals surface area (Å²) in [4.78, 5) is 2.63. The molecule has 2 aliphatic rings. The van der Waals surface area contributed by atoms with Crippen LogP contribution in [0, 0.1) is 11.8 Å². The number of likely N-dealkylation sites (tertiary alicyclic amines) is 1. The van der Waals surface area contributed by atoms with E-state index >= 15 is 0 Å². The quantitative estimate of drug-likeness (QED) is 0.647. The number of rotatable bonds is 2. The minimum Gasteiger partial charge on any atom is -0.381 e. The lowest BCUT2D eigenvalue weighted by atomic mass is 9.98. The predicted molar refractivity (Wildman–Crippen MR) is 53.8 cm³/mol. The van der Waals surface area contributed by atoms with Gasteiger partial charge in [-0.1, -0.05) is 6.92 Å². The molecule has 2 heterocycles. The zero-order chi connectivity index (χ0) is 9.10. The second-order valence-corrected chi connectivity index (χ2v) is 4.74. The van der Waals surface area contributed by atoms with Crippen LogP contribution in [0.2, 0.25) is 0 Å². The monoisotopic (exact) mass is 183 g/mol. The molecule has 2 aliphatic heterocycles. The van der Waals surface area contributed by atoms with Gasteiger partial charge in [0.05, 0.1) is 6.61 Å². The fourth-order valence-electron chi connectivity index (χ4n) is 2.54. The number of piperidine rings is 1. The van der Waals surface area contributed by atoms with Crippen molar-refractivity contribution in [1.82, 2.24) is 4.90 Å². The smallest absolute Gasteiger partial charge is 0.0507 e. The third kappa shape index (κ3) is 2.68. The van der Waals surface area contributed by atoms with Crippen molar-refractivity contribution in [3.63, 3.8) is 0 Å². The summed E-state index contributed by atoms with van der Waals surface area (Å²) in [7, 11) is 0. The minimum absolute atomic E-state index is 0.824. The molecule has 0 bridgehead atoms. The number of ether oxygens (including phenoxy) is 1. The average molecular weight is 183 g/mol. The van der Waals surface area contributed by atoms with Crippen molar-refractivity contribution in [2.45, 2.75) is 26.2 Å². The molecule has 2 rings (SSSR count). The van der Waals surface area contributed by atoms with Crippen molar-refractivity contribution in [3.8, 4) is 0 Å². The molecule has 0 amide bonds. The van der Waals surface area contributed by atoms with Crippen LogP contribution in [0.3, 0.4) is 0 Å². The molecular weight excluding hydrogens is 162 g/mol. The number of hydrogen-bond acceptors (Lipinski definition) is 2. The Morgan fingerprint density at radius 1 is 1.38 bits per heavy atom. The van der Waals surface area contributed by atoms with Crippen LogP contribution in [0.25, 0.3) is 0 Å². The van der Waals surface area contributed by atoms with E-state index in [4.69, 9.17) is 4.74 Å². The van der Waals surface area contributed by atoms with Crippen LogP contribution >= 0.6 is 0 Å². The summed E-state index contributed by atoms with van der Waals surface area (Å²) in [6, 6.07) is 0. The Morgan fingerprint density at radius 3 is 3.00 bits per heavy atom. The van der Waals surface area contributed by atoms with Crippen molar-refractivity contribution in [1.29, 1.82) is 0 Å². The highest BCUT2D eigenvalue weighted by atomic mass is 16.5. The summed E-state index contributed by atoms with van der Waals surface area (Å²) >= 11 is 0. The highest BCUT2D eigenvalue weighted by molar-refractivity contribution is 4.74. The van der Waals surface area contributed by atoms with Crippen molar-refractivity contribution < 1.29 is 4.74 Å². The zero-order valence-electron chi connectivity index (χ0n) is 8.67. The Labute approximate surface area is 81.3 Å². The second-order valence-electron chi connectivity index (χ2n) is 4.74. The maximum Gasteiger partial charge on any atom is 0.0507 e. The fraction of sp³-hybridized carbons (Fsp3) is 1.00. The van der Waals surface area contributed by atoms with Gasteiger partial charge in [-0.25, -0.2) is 0 Å². The molecule has 0 N–H and O–H groups in total. The topological polar surface area (TPSA) is 12.5 Å². The Kier molecular flexibility index (Phi) is 3.23. The van der Waals surface area contributed by atoms with E-state index < -0.39 is 0 Å². The molecule has 2 atom stereocenters. The van der Waals surface area contributed by atoms with Gasteiger partial charge in [-0.3, -0.25) is 0 Å². The maximum absolute atomic E-state index is 5.40. The molecule has 0 aromatic carbocycles. The summed E-state index contributed by atoms with van der Waals surface area (Å²) in [6.07, 6.45) is 4.11. The van der Waals surface area contributed by atoms with Crippen molar-refractivity contribution in [3.05, 3.63) is 0 Å². The molecule has 2 unspecified atom stereocenters. The summed E-state index contributed by atoms with van der Waals surface area (Å²) in [5.74, 6) is 1.74. The second kappa shape index (κ2) is 4.43. The molecule has 0 saturated carbocycles. The van der Waals surface area contributed by atoms with Gasteiger partial charge in [0.15, 0.2) is 0 Å². The predicted octanol–water partition coefficient (Wildman–Crippen LogP) is 1.75. The molecule has 2 fully saturated rings. The van der Waals surface area contributed by atoms with E-state index in [0.717, 1.165) is 25.0 Å². The van der Waals surface area contributed by atoms with Gasteiger partial charge in [-0.2, -0.15) is 0 Å². The van der Waals surface area contributed by atoms with E-state index in [2.05, 4.69) is 11.8 Å². The van der Waals surface area contributed by atoms with Crippen molar-refractivity contribution in [2.75, 3.05) is 32.8 Å². The average Bonchev–Trinajstić information content (AvgIpc) is 2.57.